The van der Waals surface area contributed by atoms with E-state index in [-0.39, 0.29) is 30.9 Å². The first-order chi connectivity index (χ1) is 12.5. The summed E-state index contributed by atoms with van der Waals surface area (Å²) in [6, 6.07) is 5.41. The van der Waals surface area contributed by atoms with E-state index >= 15 is 0 Å². The van der Waals surface area contributed by atoms with Gasteiger partial charge in [0.25, 0.3) is 0 Å². The van der Waals surface area contributed by atoms with Gasteiger partial charge in [-0.15, -0.1) is 0 Å². The summed E-state index contributed by atoms with van der Waals surface area (Å²) in [6.07, 6.45) is 2.83. The van der Waals surface area contributed by atoms with Crippen LogP contribution in [0.25, 0.3) is 10.9 Å². The smallest absolute Gasteiger partial charge is 0.229 e. The number of aromatic amines is 1. The second kappa shape index (κ2) is 8.41. The van der Waals surface area contributed by atoms with Gasteiger partial charge in [-0.1, -0.05) is 15.9 Å². The van der Waals surface area contributed by atoms with E-state index in [1.807, 2.05) is 24.5 Å². The van der Waals surface area contributed by atoms with Crippen LogP contribution in [-0.2, 0) is 9.59 Å². The molecular weight excluding hydrogens is 420 g/mol. The summed E-state index contributed by atoms with van der Waals surface area (Å²) in [4.78, 5) is 26.5. The number of carbonyl (C=O) groups excluding carboxylic acids is 2. The van der Waals surface area contributed by atoms with E-state index in [9.17, 15) is 14.7 Å². The quantitative estimate of drug-likeness (QED) is 0.610. The van der Waals surface area contributed by atoms with Crippen LogP contribution in [0.2, 0.25) is 0 Å². The molecule has 3 N–H and O–H groups in total. The fraction of sp³-hybridized carbons (Fsp3) is 0.471. The number of H-pyrrole nitrogens is 1. The standard InChI is InChI=1S/C17H21BrN4O3S/c1-26-5-4-12(9-23)19-17(25)10-6-15(24)22(8-10)16-13-3-2-11(18)7-14(13)20-21-16/h2-3,7,10,12,23H,4-6,8-9H2,1H3,(H,19,25)(H,20,21). The number of aliphatic hydroxyl groups excluding tert-OH is 1. The summed E-state index contributed by atoms with van der Waals surface area (Å²) in [6.45, 7) is 0.191. The monoisotopic (exact) mass is 440 g/mol. The lowest BCUT2D eigenvalue weighted by Crippen LogP contribution is -2.42. The third-order valence-corrected chi connectivity index (χ3v) is 5.63. The molecule has 0 radical (unpaired) electrons. The Kier molecular flexibility index (Phi) is 6.20. The molecule has 1 fully saturated rings. The van der Waals surface area contributed by atoms with Crippen molar-refractivity contribution in [1.82, 2.24) is 15.5 Å². The Morgan fingerprint density at radius 3 is 3.12 bits per heavy atom. The number of anilines is 1. The molecule has 2 amide bonds. The van der Waals surface area contributed by atoms with Gasteiger partial charge in [-0.05, 0) is 36.6 Å². The average Bonchev–Trinajstić information content (AvgIpc) is 3.21. The van der Waals surface area contributed by atoms with Crippen molar-refractivity contribution >= 4 is 56.2 Å². The van der Waals surface area contributed by atoms with Gasteiger partial charge in [0.1, 0.15) is 0 Å². The molecule has 2 heterocycles. The van der Waals surface area contributed by atoms with Crippen molar-refractivity contribution < 1.29 is 14.7 Å². The average molecular weight is 441 g/mol. The largest absolute Gasteiger partial charge is 0.394 e. The van der Waals surface area contributed by atoms with Gasteiger partial charge in [0, 0.05) is 22.8 Å². The molecule has 7 nitrogen and oxygen atoms in total. The van der Waals surface area contributed by atoms with Crippen LogP contribution < -0.4 is 10.2 Å². The van der Waals surface area contributed by atoms with E-state index in [1.54, 1.807) is 16.7 Å². The number of hydrogen-bond donors (Lipinski definition) is 3. The Morgan fingerprint density at radius 1 is 1.58 bits per heavy atom. The zero-order valence-corrected chi connectivity index (χ0v) is 16.8. The number of nitrogens with one attached hydrogen (secondary N) is 2. The van der Waals surface area contributed by atoms with Crippen LogP contribution in [0, 0.1) is 5.92 Å². The van der Waals surface area contributed by atoms with E-state index in [2.05, 4.69) is 31.4 Å². The Labute approximate surface area is 164 Å². The zero-order valence-electron chi connectivity index (χ0n) is 14.4. The molecule has 0 bridgehead atoms. The summed E-state index contributed by atoms with van der Waals surface area (Å²) in [5, 5.41) is 20.3. The van der Waals surface area contributed by atoms with E-state index in [0.717, 1.165) is 21.1 Å². The highest BCUT2D eigenvalue weighted by molar-refractivity contribution is 9.10. The van der Waals surface area contributed by atoms with Crippen LogP contribution in [0.1, 0.15) is 12.8 Å². The number of halogens is 1. The highest BCUT2D eigenvalue weighted by Crippen LogP contribution is 2.31. The summed E-state index contributed by atoms with van der Waals surface area (Å²) < 4.78 is 0.922. The van der Waals surface area contributed by atoms with Gasteiger partial charge in [-0.25, -0.2) is 0 Å². The minimum Gasteiger partial charge on any atom is -0.394 e. The number of nitrogens with zero attached hydrogens (tertiary/aromatic N) is 2. The highest BCUT2D eigenvalue weighted by Gasteiger charge is 2.37. The van der Waals surface area contributed by atoms with Crippen LogP contribution in [0.15, 0.2) is 22.7 Å². The van der Waals surface area contributed by atoms with Crippen LogP contribution in [0.4, 0.5) is 5.82 Å². The first-order valence-electron chi connectivity index (χ1n) is 8.37. The third-order valence-electron chi connectivity index (χ3n) is 4.49. The highest BCUT2D eigenvalue weighted by atomic mass is 79.9. The van der Waals surface area contributed by atoms with E-state index in [1.165, 1.54) is 0 Å². The maximum atomic E-state index is 12.5. The van der Waals surface area contributed by atoms with Gasteiger partial charge < -0.3 is 10.4 Å². The number of hydrogen-bond acceptors (Lipinski definition) is 5. The Morgan fingerprint density at radius 2 is 2.38 bits per heavy atom. The second-order valence-corrected chi connectivity index (χ2v) is 8.21. The van der Waals surface area contributed by atoms with Crippen molar-refractivity contribution in [2.45, 2.75) is 18.9 Å². The predicted molar refractivity (Wildman–Crippen MR) is 106 cm³/mol. The summed E-state index contributed by atoms with van der Waals surface area (Å²) in [7, 11) is 0. The van der Waals surface area contributed by atoms with Gasteiger partial charge in [0.15, 0.2) is 5.82 Å². The number of thioether (sulfide) groups is 1. The number of aromatic nitrogens is 2. The Balaban J connectivity index is 1.70. The van der Waals surface area contributed by atoms with Gasteiger partial charge in [-0.2, -0.15) is 16.9 Å². The van der Waals surface area contributed by atoms with Crippen molar-refractivity contribution in [3.8, 4) is 0 Å². The molecule has 1 aromatic carbocycles. The number of amides is 2. The van der Waals surface area contributed by atoms with Crippen LogP contribution in [-0.4, -0.2) is 58.3 Å². The molecule has 2 atom stereocenters. The van der Waals surface area contributed by atoms with Gasteiger partial charge in [0.05, 0.1) is 24.1 Å². The topological polar surface area (TPSA) is 98.3 Å². The first-order valence-corrected chi connectivity index (χ1v) is 10.6. The molecule has 2 unspecified atom stereocenters. The van der Waals surface area contributed by atoms with Crippen molar-refractivity contribution in [2.24, 2.45) is 5.92 Å². The molecule has 1 aromatic heterocycles. The van der Waals surface area contributed by atoms with Crippen molar-refractivity contribution in [1.29, 1.82) is 0 Å². The maximum Gasteiger partial charge on any atom is 0.229 e. The summed E-state index contributed by atoms with van der Waals surface area (Å²) in [5.41, 5.74) is 0.826. The van der Waals surface area contributed by atoms with E-state index < -0.39 is 5.92 Å². The minimum atomic E-state index is -0.437. The van der Waals surface area contributed by atoms with Crippen LogP contribution in [0.5, 0.6) is 0 Å². The SMILES string of the molecule is CSCCC(CO)NC(=O)C1CC(=O)N(c2n[nH]c3cc(Br)ccc23)C1. The molecule has 26 heavy (non-hydrogen) atoms. The predicted octanol–water partition coefficient (Wildman–Crippen LogP) is 1.91. The molecule has 2 aromatic rings. The number of carbonyl (C=O) groups is 2. The van der Waals surface area contributed by atoms with Crippen molar-refractivity contribution in [3.05, 3.63) is 22.7 Å². The first kappa shape index (κ1) is 19.2. The fourth-order valence-corrected chi connectivity index (χ4v) is 3.94. The third kappa shape index (κ3) is 4.05. The van der Waals surface area contributed by atoms with Crippen LogP contribution in [0.3, 0.4) is 0 Å². The molecule has 1 aliphatic rings. The van der Waals surface area contributed by atoms with Gasteiger partial charge in [-0.3, -0.25) is 19.6 Å². The molecule has 1 aliphatic heterocycles. The second-order valence-electron chi connectivity index (χ2n) is 6.31. The van der Waals surface area contributed by atoms with Crippen molar-refractivity contribution in [2.75, 3.05) is 30.1 Å². The Bertz CT molecular complexity index is 812. The normalized spacial score (nSPS) is 18.5. The molecular formula is C17H21BrN4O3S. The molecule has 140 valence electrons. The molecule has 9 heteroatoms. The van der Waals surface area contributed by atoms with Gasteiger partial charge in [0.2, 0.25) is 11.8 Å². The summed E-state index contributed by atoms with van der Waals surface area (Å²) in [5.74, 6) is 0.660. The van der Waals surface area contributed by atoms with Gasteiger partial charge >= 0.3 is 0 Å². The number of rotatable bonds is 7. The summed E-state index contributed by atoms with van der Waals surface area (Å²) >= 11 is 5.08. The number of fused-ring (bicyclic) bond motifs is 1. The van der Waals surface area contributed by atoms with Crippen molar-refractivity contribution in [3.63, 3.8) is 0 Å². The minimum absolute atomic E-state index is 0.102. The lowest BCUT2D eigenvalue weighted by Gasteiger charge is -2.18. The van der Waals surface area contributed by atoms with E-state index in [0.29, 0.717) is 18.8 Å². The lowest BCUT2D eigenvalue weighted by atomic mass is 10.1. The Hall–Kier alpha value is -1.58. The molecule has 3 rings (SSSR count). The van der Waals surface area contributed by atoms with Crippen LogP contribution >= 0.6 is 27.7 Å². The zero-order chi connectivity index (χ0) is 18.7. The van der Waals surface area contributed by atoms with E-state index in [4.69, 9.17) is 0 Å². The molecule has 0 spiro atoms. The lowest BCUT2D eigenvalue weighted by molar-refractivity contribution is -0.127. The molecule has 1 saturated heterocycles. The number of aliphatic hydroxyl groups is 1. The number of benzene rings is 1. The maximum absolute atomic E-state index is 12.5. The molecule has 0 aliphatic carbocycles. The fourth-order valence-electron chi connectivity index (χ4n) is 3.06. The molecule has 0 saturated carbocycles.